The van der Waals surface area contributed by atoms with Crippen LogP contribution in [0.25, 0.3) is 0 Å². The van der Waals surface area contributed by atoms with Crippen LogP contribution in [0.1, 0.15) is 25.5 Å². The molecule has 2 rings (SSSR count). The van der Waals surface area contributed by atoms with E-state index in [9.17, 15) is 18.0 Å². The maximum absolute atomic E-state index is 12.4. The van der Waals surface area contributed by atoms with Crippen LogP contribution in [0.4, 0.5) is 19.0 Å². The number of amides is 1. The number of aromatic nitrogens is 2. The van der Waals surface area contributed by atoms with E-state index in [1.807, 2.05) is 13.8 Å². The van der Waals surface area contributed by atoms with Crippen molar-refractivity contribution in [3.8, 4) is 5.75 Å². The molecule has 5 nitrogen and oxygen atoms in total. The minimum Gasteiger partial charge on any atom is -0.484 e. The SMILES string of the molecule is CC(C)n1nccc1NC(=O)COc1ccc(C(F)(F)F)cc1. The highest BCUT2D eigenvalue weighted by Crippen LogP contribution is 2.30. The van der Waals surface area contributed by atoms with Gasteiger partial charge in [-0.25, -0.2) is 4.68 Å². The highest BCUT2D eigenvalue weighted by atomic mass is 19.4. The number of ether oxygens (including phenoxy) is 1. The summed E-state index contributed by atoms with van der Waals surface area (Å²) < 4.78 is 44.1. The summed E-state index contributed by atoms with van der Waals surface area (Å²) in [6.07, 6.45) is -2.84. The van der Waals surface area contributed by atoms with Gasteiger partial charge in [0.2, 0.25) is 0 Å². The van der Waals surface area contributed by atoms with Crippen LogP contribution in [-0.4, -0.2) is 22.3 Å². The van der Waals surface area contributed by atoms with Crippen LogP contribution >= 0.6 is 0 Å². The number of benzene rings is 1. The fraction of sp³-hybridized carbons (Fsp3) is 0.333. The predicted octanol–water partition coefficient (Wildman–Crippen LogP) is 3.50. The second-order valence-corrected chi connectivity index (χ2v) is 5.11. The van der Waals surface area contributed by atoms with Crippen molar-refractivity contribution in [2.75, 3.05) is 11.9 Å². The van der Waals surface area contributed by atoms with Gasteiger partial charge in [-0.15, -0.1) is 0 Å². The Labute approximate surface area is 131 Å². The van der Waals surface area contributed by atoms with Crippen molar-refractivity contribution >= 4 is 11.7 Å². The molecule has 1 amide bonds. The van der Waals surface area contributed by atoms with Crippen LogP contribution in [0, 0.1) is 0 Å². The van der Waals surface area contributed by atoms with Gasteiger partial charge >= 0.3 is 6.18 Å². The molecule has 124 valence electrons. The molecule has 1 heterocycles. The quantitative estimate of drug-likeness (QED) is 0.914. The van der Waals surface area contributed by atoms with E-state index >= 15 is 0 Å². The zero-order chi connectivity index (χ0) is 17.0. The molecule has 0 fully saturated rings. The Morgan fingerprint density at radius 3 is 2.48 bits per heavy atom. The average molecular weight is 327 g/mol. The first-order chi connectivity index (χ1) is 10.8. The lowest BCUT2D eigenvalue weighted by atomic mass is 10.2. The molecule has 8 heteroatoms. The topological polar surface area (TPSA) is 56.2 Å². The number of rotatable bonds is 5. The number of anilines is 1. The second-order valence-electron chi connectivity index (χ2n) is 5.11. The van der Waals surface area contributed by atoms with E-state index in [0.717, 1.165) is 12.1 Å². The van der Waals surface area contributed by atoms with Crippen molar-refractivity contribution in [3.05, 3.63) is 42.1 Å². The molecule has 1 N–H and O–H groups in total. The number of carbonyl (C=O) groups is 1. The summed E-state index contributed by atoms with van der Waals surface area (Å²) in [4.78, 5) is 11.8. The lowest BCUT2D eigenvalue weighted by Crippen LogP contribution is -2.22. The minimum atomic E-state index is -4.40. The third-order valence-electron chi connectivity index (χ3n) is 2.98. The number of nitrogens with one attached hydrogen (secondary N) is 1. The van der Waals surface area contributed by atoms with Crippen LogP contribution in [0.3, 0.4) is 0 Å². The highest BCUT2D eigenvalue weighted by molar-refractivity contribution is 5.91. The molecular weight excluding hydrogens is 311 g/mol. The van der Waals surface area contributed by atoms with Crippen LogP contribution in [0.5, 0.6) is 5.75 Å². The van der Waals surface area contributed by atoms with E-state index in [1.54, 1.807) is 16.9 Å². The van der Waals surface area contributed by atoms with Crippen LogP contribution in [0.15, 0.2) is 36.5 Å². The van der Waals surface area contributed by atoms with Gasteiger partial charge in [0.1, 0.15) is 11.6 Å². The molecule has 1 aromatic carbocycles. The molecule has 0 aliphatic carbocycles. The fourth-order valence-electron chi connectivity index (χ4n) is 1.89. The maximum Gasteiger partial charge on any atom is 0.416 e. The summed E-state index contributed by atoms with van der Waals surface area (Å²) >= 11 is 0. The Kier molecular flexibility index (Phi) is 4.92. The highest BCUT2D eigenvalue weighted by Gasteiger charge is 2.30. The Morgan fingerprint density at radius 2 is 1.91 bits per heavy atom. The summed E-state index contributed by atoms with van der Waals surface area (Å²) in [5.74, 6) is 0.291. The second kappa shape index (κ2) is 6.72. The zero-order valence-electron chi connectivity index (χ0n) is 12.6. The van der Waals surface area contributed by atoms with E-state index in [0.29, 0.717) is 5.82 Å². The Hall–Kier alpha value is -2.51. The van der Waals surface area contributed by atoms with E-state index in [1.165, 1.54) is 12.1 Å². The number of halogens is 3. The van der Waals surface area contributed by atoms with Crippen LogP contribution in [-0.2, 0) is 11.0 Å². The Bertz CT molecular complexity index is 663. The van der Waals surface area contributed by atoms with Crippen molar-refractivity contribution in [2.45, 2.75) is 26.1 Å². The molecule has 0 atom stereocenters. The molecule has 0 aliphatic rings. The van der Waals surface area contributed by atoms with Gasteiger partial charge in [-0.2, -0.15) is 18.3 Å². The minimum absolute atomic E-state index is 0.0798. The third kappa shape index (κ3) is 4.48. The Morgan fingerprint density at radius 1 is 1.26 bits per heavy atom. The molecular formula is C15H16F3N3O2. The molecule has 0 aliphatic heterocycles. The standard InChI is InChI=1S/C15H16F3N3O2/c1-10(2)21-13(7-8-19-21)20-14(22)9-23-12-5-3-11(4-6-12)15(16,17)18/h3-8,10H,9H2,1-2H3,(H,20,22). The number of alkyl halides is 3. The van der Waals surface area contributed by atoms with Gasteiger partial charge in [0.05, 0.1) is 11.8 Å². The van der Waals surface area contributed by atoms with Crippen LogP contribution in [0.2, 0.25) is 0 Å². The molecule has 0 saturated heterocycles. The number of nitrogens with zero attached hydrogens (tertiary/aromatic N) is 2. The van der Waals surface area contributed by atoms with E-state index in [2.05, 4.69) is 10.4 Å². The zero-order valence-corrected chi connectivity index (χ0v) is 12.6. The van der Waals surface area contributed by atoms with E-state index < -0.39 is 17.6 Å². The average Bonchev–Trinajstić information content (AvgIpc) is 2.93. The van der Waals surface area contributed by atoms with Crippen molar-refractivity contribution in [3.63, 3.8) is 0 Å². The molecule has 0 radical (unpaired) electrons. The summed E-state index contributed by atoms with van der Waals surface area (Å²) in [5.41, 5.74) is -0.768. The predicted molar refractivity (Wildman–Crippen MR) is 78.2 cm³/mol. The monoisotopic (exact) mass is 327 g/mol. The first-order valence-electron chi connectivity index (χ1n) is 6.91. The lowest BCUT2D eigenvalue weighted by Gasteiger charge is -2.12. The maximum atomic E-state index is 12.4. The molecule has 0 bridgehead atoms. The van der Waals surface area contributed by atoms with Gasteiger partial charge < -0.3 is 10.1 Å². The molecule has 0 saturated carbocycles. The fourth-order valence-corrected chi connectivity index (χ4v) is 1.89. The molecule has 0 spiro atoms. The van der Waals surface area contributed by atoms with Gasteiger partial charge in [-0.1, -0.05) is 0 Å². The lowest BCUT2D eigenvalue weighted by molar-refractivity contribution is -0.137. The molecule has 2 aromatic rings. The number of carbonyl (C=O) groups excluding carboxylic acids is 1. The van der Waals surface area contributed by atoms with Gasteiger partial charge in [-0.3, -0.25) is 4.79 Å². The largest absolute Gasteiger partial charge is 0.484 e. The van der Waals surface area contributed by atoms with Crippen molar-refractivity contribution in [1.29, 1.82) is 0 Å². The van der Waals surface area contributed by atoms with Gasteiger partial charge in [0.25, 0.3) is 5.91 Å². The summed E-state index contributed by atoms with van der Waals surface area (Å²) in [7, 11) is 0. The summed E-state index contributed by atoms with van der Waals surface area (Å²) in [6.45, 7) is 3.53. The van der Waals surface area contributed by atoms with Gasteiger partial charge in [0.15, 0.2) is 6.61 Å². The van der Waals surface area contributed by atoms with Crippen molar-refractivity contribution < 1.29 is 22.7 Å². The first kappa shape index (κ1) is 16.9. The normalized spacial score (nSPS) is 11.6. The van der Waals surface area contributed by atoms with Crippen molar-refractivity contribution in [1.82, 2.24) is 9.78 Å². The summed E-state index contributed by atoms with van der Waals surface area (Å²) in [5, 5.41) is 6.71. The molecule has 1 aromatic heterocycles. The molecule has 0 unspecified atom stereocenters. The van der Waals surface area contributed by atoms with Crippen LogP contribution < -0.4 is 10.1 Å². The van der Waals surface area contributed by atoms with E-state index in [-0.39, 0.29) is 18.4 Å². The molecule has 23 heavy (non-hydrogen) atoms. The van der Waals surface area contributed by atoms with Gasteiger partial charge in [-0.05, 0) is 38.1 Å². The van der Waals surface area contributed by atoms with Crippen molar-refractivity contribution in [2.24, 2.45) is 0 Å². The smallest absolute Gasteiger partial charge is 0.416 e. The van der Waals surface area contributed by atoms with E-state index in [4.69, 9.17) is 4.74 Å². The summed E-state index contributed by atoms with van der Waals surface area (Å²) in [6, 6.07) is 5.89. The number of hydrogen-bond acceptors (Lipinski definition) is 3. The third-order valence-corrected chi connectivity index (χ3v) is 2.98. The first-order valence-corrected chi connectivity index (χ1v) is 6.91. The van der Waals surface area contributed by atoms with Gasteiger partial charge in [0, 0.05) is 12.1 Å². The number of hydrogen-bond donors (Lipinski definition) is 1. The Balaban J connectivity index is 1.90.